The Bertz CT molecular complexity index is 1320. The van der Waals surface area contributed by atoms with Gasteiger partial charge in [-0.1, -0.05) is 35.0 Å². The molecule has 0 bridgehead atoms. The number of thiophene rings is 1. The van der Waals surface area contributed by atoms with Crippen molar-refractivity contribution in [2.75, 3.05) is 0 Å². The summed E-state index contributed by atoms with van der Waals surface area (Å²) in [6.07, 6.45) is 4.22. The number of nitrogens with one attached hydrogen (secondary N) is 1. The van der Waals surface area contributed by atoms with E-state index >= 15 is 0 Å². The maximum Gasteiger partial charge on any atom is 0.192 e. The zero-order valence-corrected chi connectivity index (χ0v) is 19.4. The van der Waals surface area contributed by atoms with Gasteiger partial charge < -0.3 is 10.2 Å². The first-order valence-corrected chi connectivity index (χ1v) is 11.3. The van der Waals surface area contributed by atoms with Crippen LogP contribution < -0.4 is 5.32 Å². The number of aromatic nitrogens is 4. The van der Waals surface area contributed by atoms with E-state index in [1.807, 2.05) is 24.3 Å². The van der Waals surface area contributed by atoms with Crippen LogP contribution in [0.1, 0.15) is 49.5 Å². The van der Waals surface area contributed by atoms with E-state index in [0.717, 1.165) is 27.8 Å². The van der Waals surface area contributed by atoms with Gasteiger partial charge >= 0.3 is 0 Å². The Morgan fingerprint density at radius 2 is 2.10 bits per heavy atom. The van der Waals surface area contributed by atoms with Crippen LogP contribution in [-0.2, 0) is 23.4 Å². The van der Waals surface area contributed by atoms with E-state index < -0.39 is 0 Å². The number of rotatable bonds is 4. The summed E-state index contributed by atoms with van der Waals surface area (Å²) in [5.41, 5.74) is 2.77. The molecule has 0 saturated carbocycles. The number of nitrogens with zero attached hydrogens (tertiary/aromatic N) is 5. The summed E-state index contributed by atoms with van der Waals surface area (Å²) in [5.74, 6) is 0.554. The van der Waals surface area contributed by atoms with E-state index in [1.165, 1.54) is 10.4 Å². The van der Waals surface area contributed by atoms with Crippen molar-refractivity contribution in [2.45, 2.75) is 51.8 Å². The highest BCUT2D eigenvalue weighted by Gasteiger charge is 2.39. The Kier molecular flexibility index (Phi) is 4.76. The molecule has 9 heteroatoms. The summed E-state index contributed by atoms with van der Waals surface area (Å²) < 4.78 is 1.73. The first kappa shape index (κ1) is 20.4. The van der Waals surface area contributed by atoms with E-state index in [9.17, 15) is 0 Å². The van der Waals surface area contributed by atoms with E-state index in [-0.39, 0.29) is 17.7 Å². The van der Waals surface area contributed by atoms with Crippen molar-refractivity contribution < 1.29 is 4.84 Å². The van der Waals surface area contributed by atoms with Gasteiger partial charge in [-0.2, -0.15) is 0 Å². The quantitative estimate of drug-likeness (QED) is 0.357. The minimum atomic E-state index is -0.126. The van der Waals surface area contributed by atoms with E-state index in [1.54, 1.807) is 28.4 Å². The molecule has 5 rings (SSSR count). The van der Waals surface area contributed by atoms with Crippen LogP contribution in [0.25, 0.3) is 15.9 Å². The molecule has 4 heterocycles. The van der Waals surface area contributed by atoms with Gasteiger partial charge in [0, 0.05) is 26.5 Å². The number of halogens is 1. The van der Waals surface area contributed by atoms with E-state index in [4.69, 9.17) is 21.4 Å². The summed E-state index contributed by atoms with van der Waals surface area (Å²) in [7, 11) is 0. The summed E-state index contributed by atoms with van der Waals surface area (Å²) in [4.78, 5) is 17.1. The molecule has 0 atom stereocenters. The van der Waals surface area contributed by atoms with Crippen molar-refractivity contribution in [2.24, 2.45) is 5.16 Å². The smallest absolute Gasteiger partial charge is 0.192 e. The van der Waals surface area contributed by atoms with Gasteiger partial charge in [0.25, 0.3) is 0 Å². The van der Waals surface area contributed by atoms with E-state index in [2.05, 4.69) is 48.3 Å². The van der Waals surface area contributed by atoms with Gasteiger partial charge in [-0.15, -0.1) is 16.4 Å². The molecule has 1 aliphatic rings. The molecule has 0 amide bonds. The molecule has 0 unspecified atom stereocenters. The molecule has 3 aromatic heterocycles. The zero-order chi connectivity index (χ0) is 21.8. The van der Waals surface area contributed by atoms with Crippen LogP contribution in [0.3, 0.4) is 0 Å². The van der Waals surface area contributed by atoms with Crippen molar-refractivity contribution in [1.82, 2.24) is 24.9 Å². The van der Waals surface area contributed by atoms with Gasteiger partial charge in [0.15, 0.2) is 18.1 Å². The Balaban J connectivity index is 1.47. The molecule has 4 aromatic rings. The first-order chi connectivity index (χ1) is 14.7. The molecule has 1 N–H and O–H groups in total. The lowest BCUT2D eigenvalue weighted by atomic mass is 9.82. The number of fused-ring (bicyclic) bond motifs is 5. The molecule has 1 aliphatic heterocycles. The second-order valence-electron chi connectivity index (χ2n) is 8.97. The summed E-state index contributed by atoms with van der Waals surface area (Å²) in [5, 5.41) is 14.0. The van der Waals surface area contributed by atoms with Crippen LogP contribution in [0, 0.1) is 0 Å². The summed E-state index contributed by atoms with van der Waals surface area (Å²) in [6, 6.07) is 7.45. The summed E-state index contributed by atoms with van der Waals surface area (Å²) >= 11 is 7.86. The van der Waals surface area contributed by atoms with Crippen molar-refractivity contribution in [3.8, 4) is 0 Å². The largest absolute Gasteiger partial charge is 0.387 e. The number of hydrogen-bond acceptors (Lipinski definition) is 7. The molecular weight excluding hydrogens is 432 g/mol. The molecule has 0 fully saturated rings. The second kappa shape index (κ2) is 7.25. The highest BCUT2D eigenvalue weighted by atomic mass is 35.5. The van der Waals surface area contributed by atoms with Gasteiger partial charge in [-0.3, -0.25) is 0 Å². The van der Waals surface area contributed by atoms with Crippen LogP contribution in [0.4, 0.5) is 0 Å². The standard InChI is InChI=1S/C22H23ClN6OS/c1-21(2)9-14-17-19-26-16(11-30-25-10-13-7-5-6-8-15(13)23)27-29(19)12-24-20(17)31-18(14)22(3,4)28-21/h5-8,10,12,28H,9,11H2,1-4H3/b25-10-. The van der Waals surface area contributed by atoms with Crippen LogP contribution in [0.15, 0.2) is 35.7 Å². The Labute approximate surface area is 189 Å². The lowest BCUT2D eigenvalue weighted by Crippen LogP contribution is -2.54. The predicted octanol–water partition coefficient (Wildman–Crippen LogP) is 4.70. The fraction of sp³-hybridized carbons (Fsp3) is 0.364. The number of benzene rings is 1. The lowest BCUT2D eigenvalue weighted by Gasteiger charge is -2.42. The SMILES string of the molecule is CC1(C)Cc2c(sc3ncn4nc(CO/N=C\c5ccccc5Cl)nc4c23)C(C)(C)N1. The molecule has 1 aromatic carbocycles. The highest BCUT2D eigenvalue weighted by molar-refractivity contribution is 7.19. The molecule has 7 nitrogen and oxygen atoms in total. The van der Waals surface area contributed by atoms with Crippen molar-refractivity contribution in [3.05, 3.63) is 57.4 Å². The van der Waals surface area contributed by atoms with Crippen LogP contribution in [-0.4, -0.2) is 31.3 Å². The van der Waals surface area contributed by atoms with Crippen molar-refractivity contribution >= 4 is 45.0 Å². The number of hydrogen-bond donors (Lipinski definition) is 1. The third-order valence-corrected chi connectivity index (χ3v) is 7.18. The molecule has 31 heavy (non-hydrogen) atoms. The number of oxime groups is 1. The monoisotopic (exact) mass is 454 g/mol. The predicted molar refractivity (Wildman–Crippen MR) is 124 cm³/mol. The fourth-order valence-corrected chi connectivity index (χ4v) is 5.79. The van der Waals surface area contributed by atoms with Gasteiger partial charge in [0.1, 0.15) is 11.2 Å². The Morgan fingerprint density at radius 3 is 2.90 bits per heavy atom. The van der Waals surface area contributed by atoms with E-state index in [0.29, 0.717) is 10.8 Å². The lowest BCUT2D eigenvalue weighted by molar-refractivity contribution is 0.126. The Morgan fingerprint density at radius 1 is 1.29 bits per heavy atom. The molecule has 0 saturated heterocycles. The molecule has 0 aliphatic carbocycles. The minimum Gasteiger partial charge on any atom is -0.387 e. The van der Waals surface area contributed by atoms with Crippen LogP contribution in [0.5, 0.6) is 0 Å². The molecule has 0 radical (unpaired) electrons. The fourth-order valence-electron chi connectivity index (χ4n) is 4.39. The molecule has 0 spiro atoms. The summed E-state index contributed by atoms with van der Waals surface area (Å²) in [6.45, 7) is 9.07. The third-order valence-electron chi connectivity index (χ3n) is 5.37. The second-order valence-corrected chi connectivity index (χ2v) is 10.4. The average Bonchev–Trinajstić information content (AvgIpc) is 3.26. The van der Waals surface area contributed by atoms with Gasteiger partial charge in [0.05, 0.1) is 11.6 Å². The van der Waals surface area contributed by atoms with Gasteiger partial charge in [0.2, 0.25) is 0 Å². The minimum absolute atomic E-state index is 0.0171. The van der Waals surface area contributed by atoms with Crippen molar-refractivity contribution in [1.29, 1.82) is 0 Å². The van der Waals surface area contributed by atoms with Gasteiger partial charge in [-0.25, -0.2) is 14.5 Å². The van der Waals surface area contributed by atoms with Gasteiger partial charge in [-0.05, 0) is 45.7 Å². The molecular formula is C22H23ClN6OS. The first-order valence-electron chi connectivity index (χ1n) is 10.1. The van der Waals surface area contributed by atoms with Crippen LogP contribution >= 0.6 is 22.9 Å². The maximum atomic E-state index is 6.13. The van der Waals surface area contributed by atoms with Crippen molar-refractivity contribution in [3.63, 3.8) is 0 Å². The normalized spacial score (nSPS) is 17.5. The highest BCUT2D eigenvalue weighted by Crippen LogP contribution is 2.44. The zero-order valence-electron chi connectivity index (χ0n) is 17.8. The Hall–Kier alpha value is -2.55. The average molecular weight is 455 g/mol. The van der Waals surface area contributed by atoms with Crippen LogP contribution in [0.2, 0.25) is 5.02 Å². The molecule has 160 valence electrons. The maximum absolute atomic E-state index is 6.13. The topological polar surface area (TPSA) is 76.7 Å². The third kappa shape index (κ3) is 3.69.